The molecule has 2 heterocycles. The van der Waals surface area contributed by atoms with Crippen molar-refractivity contribution in [1.29, 1.82) is 0 Å². The van der Waals surface area contributed by atoms with E-state index >= 15 is 0 Å². The molecular weight excluding hydrogens is 380 g/mol. The maximum atomic E-state index is 11.5. The number of hydrogen-bond donors (Lipinski definition) is 2. The van der Waals surface area contributed by atoms with E-state index in [1.807, 2.05) is 6.92 Å². The molecule has 0 atom stereocenters. The molecule has 4 rings (SSSR count). The molecule has 8 nitrogen and oxygen atoms in total. The highest BCUT2D eigenvalue weighted by atomic mass is 16.6. The Morgan fingerprint density at radius 1 is 1.07 bits per heavy atom. The van der Waals surface area contributed by atoms with Gasteiger partial charge in [0.15, 0.2) is 0 Å². The lowest BCUT2D eigenvalue weighted by atomic mass is 10.1. The summed E-state index contributed by atoms with van der Waals surface area (Å²) < 4.78 is 0. The van der Waals surface area contributed by atoms with Gasteiger partial charge in [-0.05, 0) is 50.0 Å². The van der Waals surface area contributed by atoms with Gasteiger partial charge in [0.2, 0.25) is 0 Å². The Kier molecular flexibility index (Phi) is 6.04. The summed E-state index contributed by atoms with van der Waals surface area (Å²) in [7, 11) is 0. The molecule has 1 aromatic heterocycles. The van der Waals surface area contributed by atoms with Gasteiger partial charge >= 0.3 is 0 Å². The third-order valence-corrected chi connectivity index (χ3v) is 5.40. The first-order chi connectivity index (χ1) is 14.6. The molecule has 0 saturated carbocycles. The summed E-state index contributed by atoms with van der Waals surface area (Å²) in [5.41, 5.74) is 3.60. The lowest BCUT2D eigenvalue weighted by Crippen LogP contribution is -2.18. The van der Waals surface area contributed by atoms with Crippen LogP contribution in [0.15, 0.2) is 42.7 Å². The molecular formula is C22H26N6O2. The fourth-order valence-electron chi connectivity index (χ4n) is 3.86. The molecule has 1 saturated heterocycles. The van der Waals surface area contributed by atoms with Crippen molar-refractivity contribution in [2.75, 3.05) is 30.3 Å². The molecule has 0 radical (unpaired) electrons. The maximum Gasteiger partial charge on any atom is 0.293 e. The summed E-state index contributed by atoms with van der Waals surface area (Å²) >= 11 is 0. The number of fused-ring (bicyclic) bond motifs is 1. The molecule has 0 bridgehead atoms. The van der Waals surface area contributed by atoms with Crippen molar-refractivity contribution in [2.45, 2.75) is 32.9 Å². The van der Waals surface area contributed by atoms with Gasteiger partial charge in [-0.1, -0.05) is 24.3 Å². The van der Waals surface area contributed by atoms with Gasteiger partial charge in [0.25, 0.3) is 5.69 Å². The minimum Gasteiger partial charge on any atom is -0.380 e. The molecule has 0 unspecified atom stereocenters. The molecule has 0 amide bonds. The average molecular weight is 406 g/mol. The number of likely N-dealkylation sites (tertiary alicyclic amines) is 1. The zero-order chi connectivity index (χ0) is 20.9. The first kappa shape index (κ1) is 20.0. The largest absolute Gasteiger partial charge is 0.380 e. The number of nitrogens with zero attached hydrogens (tertiary/aromatic N) is 4. The van der Waals surface area contributed by atoms with Crippen LogP contribution >= 0.6 is 0 Å². The molecule has 30 heavy (non-hydrogen) atoms. The SMILES string of the molecule is CCNc1cc2ncnc(NCc3ccc(CN4CCCC4)cc3)c2cc1[N+](=O)[O-]. The van der Waals surface area contributed by atoms with Crippen molar-refractivity contribution >= 4 is 28.1 Å². The topological polar surface area (TPSA) is 96.2 Å². The van der Waals surface area contributed by atoms with Crippen molar-refractivity contribution in [3.63, 3.8) is 0 Å². The summed E-state index contributed by atoms with van der Waals surface area (Å²) in [4.78, 5) is 22.2. The van der Waals surface area contributed by atoms with Crippen LogP contribution < -0.4 is 10.6 Å². The first-order valence-corrected chi connectivity index (χ1v) is 10.3. The summed E-state index contributed by atoms with van der Waals surface area (Å²) in [5, 5.41) is 18.5. The fourth-order valence-corrected chi connectivity index (χ4v) is 3.86. The van der Waals surface area contributed by atoms with Crippen molar-refractivity contribution < 1.29 is 4.92 Å². The van der Waals surface area contributed by atoms with E-state index in [1.165, 1.54) is 43.9 Å². The Bertz CT molecular complexity index is 1030. The molecule has 2 N–H and O–H groups in total. The molecule has 3 aromatic rings. The van der Waals surface area contributed by atoms with E-state index in [9.17, 15) is 10.1 Å². The molecule has 0 aliphatic carbocycles. The van der Waals surface area contributed by atoms with E-state index in [1.54, 1.807) is 6.07 Å². The van der Waals surface area contributed by atoms with E-state index in [4.69, 9.17) is 0 Å². The second-order valence-corrected chi connectivity index (χ2v) is 7.55. The first-order valence-electron chi connectivity index (χ1n) is 10.3. The number of anilines is 2. The van der Waals surface area contributed by atoms with E-state index < -0.39 is 0 Å². The van der Waals surface area contributed by atoms with Crippen molar-refractivity contribution in [3.8, 4) is 0 Å². The number of hydrogen-bond acceptors (Lipinski definition) is 7. The normalized spacial score (nSPS) is 14.2. The minimum absolute atomic E-state index is 0.0217. The van der Waals surface area contributed by atoms with Crippen molar-refractivity contribution in [3.05, 3.63) is 64.0 Å². The quantitative estimate of drug-likeness (QED) is 0.428. The zero-order valence-electron chi connectivity index (χ0n) is 17.1. The highest BCUT2D eigenvalue weighted by Gasteiger charge is 2.17. The molecule has 2 aromatic carbocycles. The molecule has 8 heteroatoms. The Morgan fingerprint density at radius 2 is 1.80 bits per heavy atom. The second-order valence-electron chi connectivity index (χ2n) is 7.55. The van der Waals surface area contributed by atoms with Crippen LogP contribution in [0.1, 0.15) is 30.9 Å². The van der Waals surface area contributed by atoms with Gasteiger partial charge in [0.05, 0.1) is 10.4 Å². The van der Waals surface area contributed by atoms with Crippen LogP contribution in [-0.4, -0.2) is 39.4 Å². The van der Waals surface area contributed by atoms with Crippen LogP contribution in [-0.2, 0) is 13.1 Å². The second kappa shape index (κ2) is 9.04. The zero-order valence-corrected chi connectivity index (χ0v) is 17.1. The van der Waals surface area contributed by atoms with Crippen LogP contribution in [0, 0.1) is 10.1 Å². The van der Waals surface area contributed by atoms with Crippen LogP contribution in [0.25, 0.3) is 10.9 Å². The summed E-state index contributed by atoms with van der Waals surface area (Å²) in [6.45, 7) is 6.45. The van der Waals surface area contributed by atoms with E-state index in [2.05, 4.69) is 49.8 Å². The Morgan fingerprint density at radius 3 is 2.50 bits per heavy atom. The molecule has 1 fully saturated rings. The summed E-state index contributed by atoms with van der Waals surface area (Å²) in [6.07, 6.45) is 4.07. The van der Waals surface area contributed by atoms with Crippen LogP contribution in [0.3, 0.4) is 0 Å². The van der Waals surface area contributed by atoms with Crippen LogP contribution in [0.2, 0.25) is 0 Å². The van der Waals surface area contributed by atoms with Gasteiger partial charge in [-0.15, -0.1) is 0 Å². The Labute approximate surface area is 175 Å². The fraction of sp³-hybridized carbons (Fsp3) is 0.364. The van der Waals surface area contributed by atoms with Gasteiger partial charge < -0.3 is 10.6 Å². The number of nitro benzene ring substituents is 1. The number of rotatable bonds is 8. The number of nitro groups is 1. The average Bonchev–Trinajstić information content (AvgIpc) is 3.26. The van der Waals surface area contributed by atoms with Crippen LogP contribution in [0.5, 0.6) is 0 Å². The maximum absolute atomic E-state index is 11.5. The number of benzene rings is 2. The third kappa shape index (κ3) is 4.49. The van der Waals surface area contributed by atoms with E-state index in [-0.39, 0.29) is 10.6 Å². The van der Waals surface area contributed by atoms with E-state index in [0.717, 1.165) is 12.1 Å². The smallest absolute Gasteiger partial charge is 0.293 e. The predicted molar refractivity (Wildman–Crippen MR) is 119 cm³/mol. The summed E-state index contributed by atoms with van der Waals surface area (Å²) in [6, 6.07) is 11.8. The highest BCUT2D eigenvalue weighted by molar-refractivity contribution is 5.94. The van der Waals surface area contributed by atoms with E-state index in [0.29, 0.717) is 35.5 Å². The molecule has 156 valence electrons. The van der Waals surface area contributed by atoms with Gasteiger partial charge in [-0.2, -0.15) is 0 Å². The van der Waals surface area contributed by atoms with Crippen LogP contribution in [0.4, 0.5) is 17.2 Å². The Hall–Kier alpha value is -3.26. The lowest BCUT2D eigenvalue weighted by Gasteiger charge is -2.15. The van der Waals surface area contributed by atoms with Gasteiger partial charge in [-0.25, -0.2) is 9.97 Å². The highest BCUT2D eigenvalue weighted by Crippen LogP contribution is 2.32. The number of aromatic nitrogens is 2. The third-order valence-electron chi connectivity index (χ3n) is 5.40. The van der Waals surface area contributed by atoms with Gasteiger partial charge in [0.1, 0.15) is 17.8 Å². The Balaban J connectivity index is 1.50. The summed E-state index contributed by atoms with van der Waals surface area (Å²) in [5.74, 6) is 0.590. The van der Waals surface area contributed by atoms with Crippen molar-refractivity contribution in [1.82, 2.24) is 14.9 Å². The minimum atomic E-state index is -0.382. The molecule has 1 aliphatic heterocycles. The standard InChI is InChI=1S/C22H26N6O2/c1-2-23-20-12-19-18(11-21(20)28(29)30)22(26-15-25-19)24-13-16-5-7-17(8-6-16)14-27-9-3-4-10-27/h5-8,11-12,15,23H,2-4,9-10,13-14H2,1H3,(H,24,25,26). The monoisotopic (exact) mass is 406 g/mol. The molecule has 0 spiro atoms. The van der Waals surface area contributed by atoms with Gasteiger partial charge in [-0.3, -0.25) is 15.0 Å². The van der Waals surface area contributed by atoms with Gasteiger partial charge in [0, 0.05) is 31.1 Å². The lowest BCUT2D eigenvalue weighted by molar-refractivity contribution is -0.383. The van der Waals surface area contributed by atoms with Crippen molar-refractivity contribution in [2.24, 2.45) is 0 Å². The predicted octanol–water partition coefficient (Wildman–Crippen LogP) is 4.18. The number of nitrogens with one attached hydrogen (secondary N) is 2. The molecule has 1 aliphatic rings.